The molecule has 1 aliphatic heterocycles. The molecule has 0 aliphatic carbocycles. The predicted octanol–water partition coefficient (Wildman–Crippen LogP) is 1.77. The van der Waals surface area contributed by atoms with Gasteiger partial charge in [-0.2, -0.15) is 5.26 Å². The van der Waals surface area contributed by atoms with Gasteiger partial charge in [0.1, 0.15) is 5.44 Å². The molecule has 1 atom stereocenters. The van der Waals surface area contributed by atoms with Gasteiger partial charge in [0, 0.05) is 6.61 Å². The van der Waals surface area contributed by atoms with E-state index in [0.29, 0.717) is 11.2 Å². The molecule has 0 aromatic rings. The maximum absolute atomic E-state index is 8.27. The summed E-state index contributed by atoms with van der Waals surface area (Å²) in [7, 11) is 0. The Labute approximate surface area is 65.6 Å². The van der Waals surface area contributed by atoms with Crippen LogP contribution < -0.4 is 0 Å². The first-order chi connectivity index (χ1) is 4.93. The fourth-order valence-corrected chi connectivity index (χ4v) is 1.76. The number of thioether (sulfide) groups is 1. The third kappa shape index (κ3) is 2.59. The van der Waals surface area contributed by atoms with Gasteiger partial charge in [-0.25, -0.2) is 0 Å². The maximum atomic E-state index is 8.27. The fraction of sp³-hybridized carbons (Fsp3) is 0.857. The summed E-state index contributed by atoms with van der Waals surface area (Å²) < 4.78 is 5.39. The van der Waals surface area contributed by atoms with Gasteiger partial charge in [0.05, 0.1) is 11.8 Å². The summed E-state index contributed by atoms with van der Waals surface area (Å²) in [6.07, 6.45) is 3.55. The number of rotatable bonds is 2. The molecule has 0 radical (unpaired) electrons. The van der Waals surface area contributed by atoms with Crippen molar-refractivity contribution in [1.82, 2.24) is 0 Å². The molecule has 2 nitrogen and oxygen atoms in total. The van der Waals surface area contributed by atoms with Gasteiger partial charge in [0.2, 0.25) is 0 Å². The zero-order valence-electron chi connectivity index (χ0n) is 5.88. The van der Waals surface area contributed by atoms with Crippen LogP contribution in [0.15, 0.2) is 0 Å². The topological polar surface area (TPSA) is 33.0 Å². The van der Waals surface area contributed by atoms with Crippen molar-refractivity contribution in [2.45, 2.75) is 24.7 Å². The number of hydrogen-bond acceptors (Lipinski definition) is 3. The van der Waals surface area contributed by atoms with Crippen LogP contribution in [-0.4, -0.2) is 17.8 Å². The Balaban J connectivity index is 2.09. The number of hydrogen-bond donors (Lipinski definition) is 0. The van der Waals surface area contributed by atoms with E-state index in [1.165, 1.54) is 12.8 Å². The van der Waals surface area contributed by atoms with E-state index in [2.05, 4.69) is 6.07 Å². The molecule has 1 aliphatic rings. The van der Waals surface area contributed by atoms with Crippen molar-refractivity contribution in [1.29, 1.82) is 5.26 Å². The molecule has 1 rings (SSSR count). The average Bonchev–Trinajstić information content (AvgIpc) is 2.03. The molecule has 0 aromatic heterocycles. The molecule has 1 saturated heterocycles. The Hall–Kier alpha value is -0.200. The second-order valence-corrected chi connectivity index (χ2v) is 3.41. The normalized spacial score (nSPS) is 25.7. The molecule has 3 heteroatoms. The van der Waals surface area contributed by atoms with Crippen LogP contribution in [0.2, 0.25) is 0 Å². The van der Waals surface area contributed by atoms with Gasteiger partial charge in [-0.05, 0) is 19.3 Å². The van der Waals surface area contributed by atoms with Crippen LogP contribution in [0.25, 0.3) is 0 Å². The van der Waals surface area contributed by atoms with Crippen molar-refractivity contribution in [2.75, 3.05) is 12.4 Å². The first-order valence-electron chi connectivity index (χ1n) is 3.53. The molecule has 0 aromatic carbocycles. The maximum Gasteiger partial charge on any atom is 0.104 e. The number of ether oxygens (including phenoxy) is 1. The van der Waals surface area contributed by atoms with Crippen LogP contribution in [0.3, 0.4) is 0 Å². The summed E-state index contributed by atoms with van der Waals surface area (Å²) in [6, 6.07) is 2.10. The Kier molecular flexibility index (Phi) is 3.63. The zero-order chi connectivity index (χ0) is 7.23. The van der Waals surface area contributed by atoms with Crippen LogP contribution in [0.1, 0.15) is 19.3 Å². The van der Waals surface area contributed by atoms with Gasteiger partial charge < -0.3 is 4.74 Å². The lowest BCUT2D eigenvalue weighted by Gasteiger charge is -2.20. The molecular formula is C7H11NOS. The summed E-state index contributed by atoms with van der Waals surface area (Å²) in [4.78, 5) is 0. The average molecular weight is 157 g/mol. The third-order valence-electron chi connectivity index (χ3n) is 1.47. The monoisotopic (exact) mass is 157 g/mol. The highest BCUT2D eigenvalue weighted by Gasteiger charge is 2.12. The number of nitrogens with zero attached hydrogens (tertiary/aromatic N) is 1. The van der Waals surface area contributed by atoms with Crippen LogP contribution in [0.4, 0.5) is 0 Å². The van der Waals surface area contributed by atoms with E-state index in [1.807, 2.05) is 0 Å². The molecule has 1 unspecified atom stereocenters. The second-order valence-electron chi connectivity index (χ2n) is 2.27. The predicted molar refractivity (Wildman–Crippen MR) is 41.7 cm³/mol. The summed E-state index contributed by atoms with van der Waals surface area (Å²) in [5.74, 6) is 0.560. The van der Waals surface area contributed by atoms with E-state index >= 15 is 0 Å². The molecule has 0 N–H and O–H groups in total. The van der Waals surface area contributed by atoms with Gasteiger partial charge >= 0.3 is 0 Å². The minimum absolute atomic E-state index is 0.299. The molecule has 56 valence electrons. The van der Waals surface area contributed by atoms with E-state index in [0.717, 1.165) is 13.0 Å². The quantitative estimate of drug-likeness (QED) is 0.612. The van der Waals surface area contributed by atoms with Gasteiger partial charge in [0.15, 0.2) is 0 Å². The largest absolute Gasteiger partial charge is 0.368 e. The minimum atomic E-state index is 0.299. The lowest BCUT2D eigenvalue weighted by molar-refractivity contribution is 0.0729. The van der Waals surface area contributed by atoms with Crippen LogP contribution in [-0.2, 0) is 4.74 Å². The molecule has 0 amide bonds. The van der Waals surface area contributed by atoms with Gasteiger partial charge in [-0.1, -0.05) is 0 Å². The van der Waals surface area contributed by atoms with E-state index in [-0.39, 0.29) is 0 Å². The Morgan fingerprint density at radius 1 is 1.60 bits per heavy atom. The van der Waals surface area contributed by atoms with E-state index in [9.17, 15) is 0 Å². The van der Waals surface area contributed by atoms with Crippen molar-refractivity contribution >= 4 is 11.8 Å². The highest BCUT2D eigenvalue weighted by molar-refractivity contribution is 7.99. The molecule has 1 fully saturated rings. The van der Waals surface area contributed by atoms with Crippen molar-refractivity contribution in [3.63, 3.8) is 0 Å². The Bertz CT molecular complexity index is 126. The lowest BCUT2D eigenvalue weighted by atomic mass is 10.2. The van der Waals surface area contributed by atoms with E-state index in [4.69, 9.17) is 10.00 Å². The van der Waals surface area contributed by atoms with Crippen LogP contribution in [0.5, 0.6) is 0 Å². The molecule has 0 bridgehead atoms. The second kappa shape index (κ2) is 4.59. The first-order valence-corrected chi connectivity index (χ1v) is 4.58. The Morgan fingerprint density at radius 2 is 2.50 bits per heavy atom. The number of nitriles is 1. The standard InChI is InChI=1S/C7H11NOS/c8-4-6-10-7-3-1-2-5-9-7/h7H,1-3,5-6H2. The molecule has 1 heterocycles. The van der Waals surface area contributed by atoms with Gasteiger partial charge in [-0.15, -0.1) is 11.8 Å². The minimum Gasteiger partial charge on any atom is -0.368 e. The highest BCUT2D eigenvalue weighted by atomic mass is 32.2. The van der Waals surface area contributed by atoms with Gasteiger partial charge in [0.25, 0.3) is 0 Å². The summed E-state index contributed by atoms with van der Waals surface area (Å²) >= 11 is 1.61. The van der Waals surface area contributed by atoms with Crippen LogP contribution in [0, 0.1) is 11.3 Å². The SMILES string of the molecule is N#CCSC1CCCCO1. The lowest BCUT2D eigenvalue weighted by Crippen LogP contribution is -2.15. The molecule has 0 spiro atoms. The Morgan fingerprint density at radius 3 is 3.10 bits per heavy atom. The van der Waals surface area contributed by atoms with Crippen LogP contribution >= 0.6 is 11.8 Å². The molecule has 0 saturated carbocycles. The third-order valence-corrected chi connectivity index (χ3v) is 2.51. The van der Waals surface area contributed by atoms with Crippen molar-refractivity contribution in [3.05, 3.63) is 0 Å². The first kappa shape index (κ1) is 7.90. The highest BCUT2D eigenvalue weighted by Crippen LogP contribution is 2.22. The van der Waals surface area contributed by atoms with E-state index < -0.39 is 0 Å². The zero-order valence-corrected chi connectivity index (χ0v) is 6.69. The smallest absolute Gasteiger partial charge is 0.104 e. The van der Waals surface area contributed by atoms with Gasteiger partial charge in [-0.3, -0.25) is 0 Å². The molecule has 10 heavy (non-hydrogen) atoms. The summed E-state index contributed by atoms with van der Waals surface area (Å²) in [5, 5.41) is 8.27. The summed E-state index contributed by atoms with van der Waals surface area (Å²) in [6.45, 7) is 0.878. The fourth-order valence-electron chi connectivity index (χ4n) is 0.973. The van der Waals surface area contributed by atoms with E-state index in [1.54, 1.807) is 11.8 Å². The summed E-state index contributed by atoms with van der Waals surface area (Å²) in [5.41, 5.74) is 0.299. The van der Waals surface area contributed by atoms with Crippen molar-refractivity contribution in [3.8, 4) is 6.07 Å². The molecular weight excluding hydrogens is 146 g/mol. The van der Waals surface area contributed by atoms with Crippen molar-refractivity contribution < 1.29 is 4.74 Å². The van der Waals surface area contributed by atoms with Crippen molar-refractivity contribution in [2.24, 2.45) is 0 Å².